The van der Waals surface area contributed by atoms with Gasteiger partial charge >= 0.3 is 13.7 Å². The number of rotatable bonds is 22. The second kappa shape index (κ2) is 25.9. The molecule has 20 heteroatoms. The Morgan fingerprint density at radius 3 is 1.07 bits per heavy atom. The van der Waals surface area contributed by atoms with Crippen LogP contribution in [0.4, 0.5) is 0 Å². The molecule has 0 saturated heterocycles. The molecule has 12 rings (SSSR count). The molecule has 4 aromatic heterocycles. The van der Waals surface area contributed by atoms with Crippen LogP contribution in [-0.2, 0) is 20.2 Å². The minimum Gasteiger partial charge on any atom is -0.494 e. The Hall–Kier alpha value is -9.37. The molecule has 88 heavy (non-hydrogen) atoms. The lowest BCUT2D eigenvalue weighted by atomic mass is 9.50. The Kier molecular flexibility index (Phi) is 17.4. The van der Waals surface area contributed by atoms with E-state index in [1.807, 2.05) is 170 Å². The van der Waals surface area contributed by atoms with E-state index in [0.717, 1.165) is 42.3 Å². The predicted molar refractivity (Wildman–Crippen MR) is 354 cm³/mol. The summed E-state index contributed by atoms with van der Waals surface area (Å²) in [6, 6.07) is 77.0. The normalized spacial score (nSPS) is 12.4. The predicted octanol–water partition coefficient (Wildman–Crippen LogP) is 9.84. The third-order valence-electron chi connectivity index (χ3n) is 15.2. The number of para-hydroxylation sites is 2. The summed E-state index contributed by atoms with van der Waals surface area (Å²) in [5.74, 6) is 0.256. The summed E-state index contributed by atoms with van der Waals surface area (Å²) in [6.45, 7) is -0.921. The highest BCUT2D eigenvalue weighted by atomic mass is 32.2. The highest BCUT2D eigenvalue weighted by Crippen LogP contribution is 2.39. The molecule has 0 aliphatic rings. The van der Waals surface area contributed by atoms with E-state index in [1.165, 1.54) is 22.7 Å². The fraction of sp³-hybridized carbons (Fsp3) is 0.118. The van der Waals surface area contributed by atoms with Crippen LogP contribution < -0.4 is 42.0 Å². The molecular formula is C68H54B2N6O8S4. The third kappa shape index (κ3) is 12.6. The van der Waals surface area contributed by atoms with Crippen LogP contribution >= 0.6 is 22.7 Å². The summed E-state index contributed by atoms with van der Waals surface area (Å²) in [7, 11) is -8.30. The van der Waals surface area contributed by atoms with Crippen LogP contribution in [0.2, 0.25) is 0 Å². The van der Waals surface area contributed by atoms with Crippen LogP contribution in [0.1, 0.15) is 35.7 Å². The van der Waals surface area contributed by atoms with Gasteiger partial charge in [0.2, 0.25) is 0 Å². The lowest BCUT2D eigenvalue weighted by Crippen LogP contribution is -2.54. The van der Waals surface area contributed by atoms with E-state index in [0.29, 0.717) is 78.3 Å². The minimum atomic E-state index is -4.15. The molecule has 0 unspecified atom stereocenters. The van der Waals surface area contributed by atoms with Crippen LogP contribution in [0, 0.1) is 22.7 Å². The van der Waals surface area contributed by atoms with Crippen LogP contribution in [-0.4, -0.2) is 83.3 Å². The number of nitrogens with zero attached hydrogens (tertiary/aromatic N) is 6. The molecule has 0 bridgehead atoms. The molecular weight excluding hydrogens is 1180 g/mol. The molecule has 0 radical (unpaired) electrons. The molecule has 0 aliphatic heterocycles. The average molecular weight is 1230 g/mol. The van der Waals surface area contributed by atoms with Gasteiger partial charge in [0.15, 0.2) is 0 Å². The van der Waals surface area contributed by atoms with Crippen molar-refractivity contribution < 1.29 is 35.4 Å². The summed E-state index contributed by atoms with van der Waals surface area (Å²) in [4.78, 5) is 10.5. The maximum Gasteiger partial charge on any atom is 0.328 e. The van der Waals surface area contributed by atoms with Gasteiger partial charge < -0.3 is 18.4 Å². The minimum absolute atomic E-state index is 0.184. The van der Waals surface area contributed by atoms with Crippen molar-refractivity contribution >= 4 is 121 Å². The van der Waals surface area contributed by atoms with Crippen molar-refractivity contribution in [2.75, 3.05) is 24.7 Å². The summed E-state index contributed by atoms with van der Waals surface area (Å²) >= 11 is 2.83. The van der Waals surface area contributed by atoms with E-state index in [2.05, 4.69) is 69.6 Å². The zero-order valence-corrected chi connectivity index (χ0v) is 50.5. The van der Waals surface area contributed by atoms with Crippen LogP contribution in [0.5, 0.6) is 11.5 Å². The molecule has 0 amide bonds. The first-order valence-electron chi connectivity index (χ1n) is 28.5. The first kappa shape index (κ1) is 59.0. The quantitative estimate of drug-likeness (QED) is 0.0369. The van der Waals surface area contributed by atoms with Crippen molar-refractivity contribution in [3.05, 3.63) is 239 Å². The Morgan fingerprint density at radius 1 is 0.443 bits per heavy atom. The van der Waals surface area contributed by atoms with E-state index in [1.54, 1.807) is 0 Å². The van der Waals surface area contributed by atoms with Crippen molar-refractivity contribution in [3.8, 4) is 46.2 Å². The molecule has 0 saturated carbocycles. The van der Waals surface area contributed by atoms with Gasteiger partial charge in [0, 0.05) is 22.2 Å². The SMILES string of the molecule is N#C/C(c1nc2ccccc2s1)=c1\c2c(-c3ccc(OCCCCS(=O)(=O)O)cc3)n(B(c3ccccc3)c3ccccc3)/c(=C(/C#N)c3nc4ccccc4s3)c2c(-c2ccc(OCCCCS(=O)(=O)O)cc2)n1B(c1ccccc1)c1ccccc1. The molecule has 434 valence electrons. The van der Waals surface area contributed by atoms with Gasteiger partial charge in [-0.15, -0.1) is 22.7 Å². The van der Waals surface area contributed by atoms with Gasteiger partial charge in [-0.3, -0.25) is 9.11 Å². The van der Waals surface area contributed by atoms with Gasteiger partial charge in [-0.1, -0.05) is 167 Å². The van der Waals surface area contributed by atoms with E-state index < -0.39 is 33.9 Å². The smallest absolute Gasteiger partial charge is 0.328 e. The molecule has 8 aromatic carbocycles. The second-order valence-electron chi connectivity index (χ2n) is 21.0. The average Bonchev–Trinajstić information content (AvgIpc) is 1.53. The Balaban J connectivity index is 1.30. The van der Waals surface area contributed by atoms with Crippen LogP contribution in [0.15, 0.2) is 218 Å². The lowest BCUT2D eigenvalue weighted by molar-refractivity contribution is 0.309. The summed E-state index contributed by atoms with van der Waals surface area (Å²) in [5.41, 5.74) is 8.32. The molecule has 2 N–H and O–H groups in total. The topological polar surface area (TPSA) is 210 Å². The van der Waals surface area contributed by atoms with E-state index in [4.69, 9.17) is 19.4 Å². The van der Waals surface area contributed by atoms with E-state index in [-0.39, 0.29) is 48.7 Å². The van der Waals surface area contributed by atoms with Crippen molar-refractivity contribution in [1.29, 1.82) is 10.5 Å². The summed E-state index contributed by atoms with van der Waals surface area (Å²) in [5, 5.41) is 27.9. The molecule has 0 fully saturated rings. The number of thiazole rings is 2. The van der Waals surface area contributed by atoms with Gasteiger partial charge in [-0.25, -0.2) is 9.97 Å². The lowest BCUT2D eigenvalue weighted by Gasteiger charge is -2.24. The zero-order valence-electron chi connectivity index (χ0n) is 47.3. The number of benzene rings is 8. The van der Waals surface area contributed by atoms with Crippen molar-refractivity contribution in [2.45, 2.75) is 25.7 Å². The van der Waals surface area contributed by atoms with Gasteiger partial charge in [-0.05, 0) is 110 Å². The zero-order chi connectivity index (χ0) is 60.8. The fourth-order valence-electron chi connectivity index (χ4n) is 11.4. The van der Waals surface area contributed by atoms with Crippen molar-refractivity contribution in [1.82, 2.24) is 18.9 Å². The first-order valence-corrected chi connectivity index (χ1v) is 33.4. The van der Waals surface area contributed by atoms with E-state index in [9.17, 15) is 36.5 Å². The number of nitriles is 2. The fourth-order valence-corrected chi connectivity index (χ4v) is 14.5. The Bertz CT molecular complexity index is 4500. The highest BCUT2D eigenvalue weighted by molar-refractivity contribution is 7.86. The van der Waals surface area contributed by atoms with Crippen molar-refractivity contribution in [2.24, 2.45) is 0 Å². The number of aromatic nitrogens is 4. The number of hydrogen-bond donors (Lipinski definition) is 2. The molecule has 4 heterocycles. The Labute approximate surface area is 517 Å². The number of hydrogen-bond acceptors (Lipinski definition) is 12. The summed E-state index contributed by atoms with van der Waals surface area (Å²) in [6.07, 6.45) is 1.15. The standard InChI is InChI=1S/C68H54B2N6O8S4/c71-45-55(67-73-57-29-13-15-31-59(57)85-67)65-62-61(63(47-33-37-53(38-34-47)83-41-17-19-43-87(77,78)79)75(65)69(49-21-5-1-6-22-49)50-23-7-2-8-24-50)66(56(46-72)68-74-58-30-14-16-32-60(58)86-68)76(70(51-25-9-3-10-26-51)52-27-11-4-12-28-52)64(62)48-35-39-54(40-36-48)84-42-18-20-44-88(80,81)82/h1-16,21-40H,17-20,41-44H2,(H,77,78,79)(H,80,81,82)/b65-55-,66-56-. The number of unbranched alkanes of at least 4 members (excludes halogenated alkanes) is 2. The molecule has 12 aromatic rings. The first-order chi connectivity index (χ1) is 42.9. The third-order valence-corrected chi connectivity index (χ3v) is 19.0. The number of fused-ring (bicyclic) bond motifs is 3. The molecule has 0 spiro atoms. The monoisotopic (exact) mass is 1230 g/mol. The van der Waals surface area contributed by atoms with Crippen LogP contribution in [0.3, 0.4) is 0 Å². The Morgan fingerprint density at radius 2 is 0.761 bits per heavy atom. The van der Waals surface area contributed by atoms with Gasteiger partial charge in [-0.2, -0.15) is 27.4 Å². The number of ether oxygens (including phenoxy) is 2. The second-order valence-corrected chi connectivity index (χ2v) is 26.2. The summed E-state index contributed by atoms with van der Waals surface area (Å²) < 4.78 is 84.0. The van der Waals surface area contributed by atoms with E-state index >= 15 is 0 Å². The van der Waals surface area contributed by atoms with Gasteiger partial charge in [0.25, 0.3) is 20.2 Å². The van der Waals surface area contributed by atoms with Crippen LogP contribution in [0.25, 0.3) is 64.9 Å². The maximum absolute atomic E-state index is 12.3. The largest absolute Gasteiger partial charge is 0.494 e. The van der Waals surface area contributed by atoms with Crippen molar-refractivity contribution in [3.63, 3.8) is 0 Å². The highest BCUT2D eigenvalue weighted by Gasteiger charge is 2.38. The molecule has 0 aliphatic carbocycles. The van der Waals surface area contributed by atoms with Gasteiger partial charge in [0.1, 0.15) is 44.8 Å². The molecule has 0 atom stereocenters. The molecule has 14 nitrogen and oxygen atoms in total. The van der Waals surface area contributed by atoms with Gasteiger partial charge in [0.05, 0.1) is 55.9 Å². The maximum atomic E-state index is 12.3.